The van der Waals surface area contributed by atoms with Gasteiger partial charge in [0.05, 0.1) is 19.8 Å². The summed E-state index contributed by atoms with van der Waals surface area (Å²) >= 11 is 0. The largest absolute Gasteiger partial charge is 0.465 e. The highest BCUT2D eigenvalue weighted by molar-refractivity contribution is 6.02. The molecule has 0 aliphatic rings. The van der Waals surface area contributed by atoms with Crippen LogP contribution in [0.3, 0.4) is 0 Å². The zero-order valence-corrected chi connectivity index (χ0v) is 8.10. The van der Waals surface area contributed by atoms with Gasteiger partial charge in [-0.3, -0.25) is 0 Å². The molecule has 0 amide bonds. The van der Waals surface area contributed by atoms with Crippen molar-refractivity contribution in [3.8, 4) is 0 Å². The molecule has 1 aromatic heterocycles. The Kier molecular flexibility index (Phi) is 3.22. The fourth-order valence-electron chi connectivity index (χ4n) is 0.957. The van der Waals surface area contributed by atoms with E-state index in [1.54, 1.807) is 0 Å². The highest BCUT2D eigenvalue weighted by Crippen LogP contribution is 2.08. The van der Waals surface area contributed by atoms with Crippen LogP contribution in [-0.2, 0) is 9.47 Å². The zero-order valence-electron chi connectivity index (χ0n) is 8.10. The fraction of sp³-hybridized carbons (Fsp3) is 0.222. The van der Waals surface area contributed by atoms with Crippen LogP contribution in [0.5, 0.6) is 0 Å². The van der Waals surface area contributed by atoms with E-state index in [1.807, 2.05) is 0 Å². The van der Waals surface area contributed by atoms with Crippen molar-refractivity contribution in [3.63, 3.8) is 0 Å². The summed E-state index contributed by atoms with van der Waals surface area (Å²) in [6.45, 7) is 0. The number of rotatable bonds is 2. The second-order valence-electron chi connectivity index (χ2n) is 2.51. The highest BCUT2D eigenvalue weighted by Gasteiger charge is 2.19. The molecule has 0 radical (unpaired) electrons. The number of carbonyl (C=O) groups excluding carboxylic acids is 2. The summed E-state index contributed by atoms with van der Waals surface area (Å²) in [6, 6.07) is 0.873. The van der Waals surface area contributed by atoms with Crippen LogP contribution in [0.4, 0.5) is 0 Å². The Hall–Kier alpha value is -2.11. The Balaban J connectivity index is 3.32. The van der Waals surface area contributed by atoms with E-state index in [0.717, 1.165) is 26.5 Å². The van der Waals surface area contributed by atoms with Gasteiger partial charge in [-0.25, -0.2) is 14.4 Å². The Labute approximate surface area is 84.4 Å². The van der Waals surface area contributed by atoms with E-state index in [4.69, 9.17) is 0 Å². The summed E-state index contributed by atoms with van der Waals surface area (Å²) in [7, 11) is 2.28. The van der Waals surface area contributed by atoms with Gasteiger partial charge in [-0.05, 0) is 0 Å². The minimum atomic E-state index is -0.802. The van der Waals surface area contributed by atoms with Crippen molar-refractivity contribution in [3.05, 3.63) is 33.9 Å². The van der Waals surface area contributed by atoms with Gasteiger partial charge < -0.3 is 13.9 Å². The standard InChI is InChI=1S/C9H8O6/c1-13-8(11)5-3-7(10)15-4-6(5)9(12)14-2/h3-4H,1-2H3. The lowest BCUT2D eigenvalue weighted by molar-refractivity contribution is 0.0551. The molecule has 6 heteroatoms. The molecule has 0 fully saturated rings. The van der Waals surface area contributed by atoms with Gasteiger partial charge in [0.2, 0.25) is 0 Å². The molecule has 0 aromatic carbocycles. The maximum atomic E-state index is 11.2. The third-order valence-corrected chi connectivity index (χ3v) is 1.66. The number of hydrogen-bond donors (Lipinski definition) is 0. The Morgan fingerprint density at radius 1 is 1.13 bits per heavy atom. The first-order valence-electron chi connectivity index (χ1n) is 3.89. The van der Waals surface area contributed by atoms with Gasteiger partial charge in [-0.1, -0.05) is 0 Å². The van der Waals surface area contributed by atoms with Crippen LogP contribution in [-0.4, -0.2) is 26.2 Å². The molecule has 0 N–H and O–H groups in total. The maximum Gasteiger partial charge on any atom is 0.341 e. The number of methoxy groups -OCH3 is 2. The van der Waals surface area contributed by atoms with Crippen LogP contribution in [0.25, 0.3) is 0 Å². The number of hydrogen-bond acceptors (Lipinski definition) is 6. The highest BCUT2D eigenvalue weighted by atomic mass is 16.5. The average molecular weight is 212 g/mol. The predicted octanol–water partition coefficient (Wildman–Crippen LogP) is 0.213. The van der Waals surface area contributed by atoms with E-state index in [0.29, 0.717) is 0 Å². The molecule has 0 atom stereocenters. The average Bonchev–Trinajstić information content (AvgIpc) is 2.26. The number of carbonyl (C=O) groups is 2. The molecule has 0 saturated carbocycles. The Morgan fingerprint density at radius 3 is 2.20 bits per heavy atom. The molecule has 0 bridgehead atoms. The van der Waals surface area contributed by atoms with E-state index < -0.39 is 17.6 Å². The Morgan fingerprint density at radius 2 is 1.67 bits per heavy atom. The van der Waals surface area contributed by atoms with E-state index in [1.165, 1.54) is 0 Å². The van der Waals surface area contributed by atoms with Crippen molar-refractivity contribution in [2.24, 2.45) is 0 Å². The van der Waals surface area contributed by atoms with Crippen LogP contribution in [0.2, 0.25) is 0 Å². The first kappa shape index (κ1) is 11.0. The minimum absolute atomic E-state index is 0.149. The molecule has 0 spiro atoms. The summed E-state index contributed by atoms with van der Waals surface area (Å²) in [5.41, 5.74) is -1.08. The van der Waals surface area contributed by atoms with Gasteiger partial charge >= 0.3 is 17.6 Å². The molecular weight excluding hydrogens is 204 g/mol. The van der Waals surface area contributed by atoms with Crippen molar-refractivity contribution >= 4 is 11.9 Å². The van der Waals surface area contributed by atoms with E-state index in [2.05, 4.69) is 13.9 Å². The second-order valence-corrected chi connectivity index (χ2v) is 2.51. The van der Waals surface area contributed by atoms with Crippen molar-refractivity contribution in [1.29, 1.82) is 0 Å². The van der Waals surface area contributed by atoms with Crippen LogP contribution < -0.4 is 5.63 Å². The molecule has 0 saturated heterocycles. The lowest BCUT2D eigenvalue weighted by Gasteiger charge is -2.03. The number of ether oxygens (including phenoxy) is 2. The summed E-state index contributed by atoms with van der Waals surface area (Å²) in [5, 5.41) is 0. The van der Waals surface area contributed by atoms with Gasteiger partial charge in [0, 0.05) is 6.07 Å². The molecule has 1 aromatic rings. The smallest absolute Gasteiger partial charge is 0.341 e. The van der Waals surface area contributed by atoms with Gasteiger partial charge in [0.1, 0.15) is 11.8 Å². The minimum Gasteiger partial charge on any atom is -0.465 e. The van der Waals surface area contributed by atoms with Crippen molar-refractivity contribution in [2.45, 2.75) is 0 Å². The van der Waals surface area contributed by atoms with Crippen molar-refractivity contribution < 1.29 is 23.5 Å². The van der Waals surface area contributed by atoms with Gasteiger partial charge in [0.25, 0.3) is 0 Å². The molecule has 1 heterocycles. The fourth-order valence-corrected chi connectivity index (χ4v) is 0.957. The van der Waals surface area contributed by atoms with Crippen LogP contribution >= 0.6 is 0 Å². The molecule has 6 nitrogen and oxygen atoms in total. The van der Waals surface area contributed by atoms with E-state index in [-0.39, 0.29) is 11.1 Å². The summed E-state index contributed by atoms with van der Waals surface area (Å²) in [6.07, 6.45) is 0.862. The molecule has 0 aliphatic heterocycles. The normalized spacial score (nSPS) is 9.47. The van der Waals surface area contributed by atoms with Crippen molar-refractivity contribution in [2.75, 3.05) is 14.2 Å². The lowest BCUT2D eigenvalue weighted by atomic mass is 10.1. The topological polar surface area (TPSA) is 82.8 Å². The van der Waals surface area contributed by atoms with Gasteiger partial charge in [-0.15, -0.1) is 0 Å². The first-order valence-corrected chi connectivity index (χ1v) is 3.89. The van der Waals surface area contributed by atoms with E-state index >= 15 is 0 Å². The predicted molar refractivity (Wildman–Crippen MR) is 47.7 cm³/mol. The third-order valence-electron chi connectivity index (χ3n) is 1.66. The molecule has 15 heavy (non-hydrogen) atoms. The molecule has 0 aliphatic carbocycles. The van der Waals surface area contributed by atoms with Crippen LogP contribution in [0.15, 0.2) is 21.5 Å². The SMILES string of the molecule is COC(=O)c1coc(=O)cc1C(=O)OC. The monoisotopic (exact) mass is 212 g/mol. The molecular formula is C9H8O6. The van der Waals surface area contributed by atoms with E-state index in [9.17, 15) is 14.4 Å². The van der Waals surface area contributed by atoms with Gasteiger partial charge in [-0.2, -0.15) is 0 Å². The zero-order chi connectivity index (χ0) is 11.4. The lowest BCUT2D eigenvalue weighted by Crippen LogP contribution is -2.15. The van der Waals surface area contributed by atoms with Crippen LogP contribution in [0.1, 0.15) is 20.7 Å². The summed E-state index contributed by atoms with van der Waals surface area (Å²) in [5.74, 6) is -1.58. The van der Waals surface area contributed by atoms with Crippen LogP contribution in [0, 0.1) is 0 Å². The quantitative estimate of drug-likeness (QED) is 0.652. The molecule has 1 rings (SSSR count). The maximum absolute atomic E-state index is 11.2. The summed E-state index contributed by atoms with van der Waals surface area (Å²) in [4.78, 5) is 33.2. The third kappa shape index (κ3) is 2.22. The van der Waals surface area contributed by atoms with Crippen molar-refractivity contribution in [1.82, 2.24) is 0 Å². The first-order chi connectivity index (χ1) is 7.10. The molecule has 80 valence electrons. The van der Waals surface area contributed by atoms with Gasteiger partial charge in [0.15, 0.2) is 0 Å². The Bertz CT molecular complexity index is 444. The second kappa shape index (κ2) is 4.41. The molecule has 0 unspecified atom stereocenters. The number of esters is 2. The summed E-state index contributed by atoms with van der Waals surface area (Å²) < 4.78 is 13.3.